The van der Waals surface area contributed by atoms with Gasteiger partial charge in [-0.1, -0.05) is 42.0 Å². The van der Waals surface area contributed by atoms with Crippen LogP contribution in [0.25, 0.3) is 0 Å². The van der Waals surface area contributed by atoms with E-state index in [1.54, 1.807) is 14.2 Å². The van der Waals surface area contributed by atoms with Crippen LogP contribution in [0.4, 0.5) is 0 Å². The molecule has 1 aliphatic rings. The maximum absolute atomic E-state index is 6.12. The topological polar surface area (TPSA) is 54.9 Å². The summed E-state index contributed by atoms with van der Waals surface area (Å²) in [7, 11) is 3.48. The van der Waals surface area contributed by atoms with Crippen LogP contribution in [0.2, 0.25) is 0 Å². The molecular formula is C23H32IN3O2. The van der Waals surface area contributed by atoms with Crippen LogP contribution in [0, 0.1) is 12.8 Å². The van der Waals surface area contributed by atoms with E-state index >= 15 is 0 Å². The average Bonchev–Trinajstić information content (AvgIpc) is 2.75. The minimum absolute atomic E-state index is 0. The third-order valence-electron chi connectivity index (χ3n) is 5.23. The number of hydrogen-bond donors (Lipinski definition) is 2. The van der Waals surface area contributed by atoms with E-state index in [4.69, 9.17) is 9.47 Å². The highest BCUT2D eigenvalue weighted by atomic mass is 127. The van der Waals surface area contributed by atoms with Gasteiger partial charge < -0.3 is 20.1 Å². The highest BCUT2D eigenvalue weighted by molar-refractivity contribution is 14.0. The van der Waals surface area contributed by atoms with Gasteiger partial charge >= 0.3 is 0 Å². The number of methoxy groups -OCH3 is 1. The molecule has 1 saturated heterocycles. The van der Waals surface area contributed by atoms with Crippen LogP contribution >= 0.6 is 24.0 Å². The summed E-state index contributed by atoms with van der Waals surface area (Å²) in [5.74, 6) is 2.10. The molecule has 2 aromatic rings. The molecule has 2 N–H and O–H groups in total. The van der Waals surface area contributed by atoms with Gasteiger partial charge in [0, 0.05) is 32.7 Å². The maximum atomic E-state index is 6.12. The van der Waals surface area contributed by atoms with Gasteiger partial charge in [0.15, 0.2) is 5.96 Å². The molecule has 0 aromatic heterocycles. The summed E-state index contributed by atoms with van der Waals surface area (Å²) >= 11 is 0. The van der Waals surface area contributed by atoms with E-state index in [0.29, 0.717) is 12.5 Å². The molecule has 0 spiro atoms. The van der Waals surface area contributed by atoms with E-state index in [0.717, 1.165) is 37.7 Å². The Morgan fingerprint density at radius 3 is 2.48 bits per heavy atom. The van der Waals surface area contributed by atoms with Crippen molar-refractivity contribution < 1.29 is 9.47 Å². The van der Waals surface area contributed by atoms with Crippen molar-refractivity contribution in [1.29, 1.82) is 0 Å². The predicted octanol–water partition coefficient (Wildman–Crippen LogP) is 4.45. The summed E-state index contributed by atoms with van der Waals surface area (Å²) in [6, 6.07) is 16.8. The Labute approximate surface area is 191 Å². The monoisotopic (exact) mass is 509 g/mol. The molecular weight excluding hydrogens is 477 g/mol. The third kappa shape index (κ3) is 6.89. The zero-order valence-corrected chi connectivity index (χ0v) is 19.8. The number of halogens is 1. The number of nitrogens with one attached hydrogen (secondary N) is 2. The van der Waals surface area contributed by atoms with E-state index in [-0.39, 0.29) is 30.1 Å². The SMILES string of the molecule is CN=C(NCc1ccc(OC)cc1)NCC1CCCOC1c1ccc(C)cc1.I. The van der Waals surface area contributed by atoms with E-state index < -0.39 is 0 Å². The number of guanidine groups is 1. The summed E-state index contributed by atoms with van der Waals surface area (Å²) < 4.78 is 11.3. The first-order chi connectivity index (χ1) is 13.7. The van der Waals surface area contributed by atoms with Crippen LogP contribution in [0.15, 0.2) is 53.5 Å². The molecule has 29 heavy (non-hydrogen) atoms. The number of aliphatic imine (C=N–C) groups is 1. The molecule has 0 bridgehead atoms. The predicted molar refractivity (Wildman–Crippen MR) is 129 cm³/mol. The largest absolute Gasteiger partial charge is 0.497 e. The number of benzene rings is 2. The fourth-order valence-corrected chi connectivity index (χ4v) is 3.55. The summed E-state index contributed by atoms with van der Waals surface area (Å²) in [4.78, 5) is 4.36. The van der Waals surface area contributed by atoms with Gasteiger partial charge in [0.1, 0.15) is 5.75 Å². The second-order valence-electron chi connectivity index (χ2n) is 7.26. The van der Waals surface area contributed by atoms with Gasteiger partial charge in [-0.25, -0.2) is 0 Å². The third-order valence-corrected chi connectivity index (χ3v) is 5.23. The van der Waals surface area contributed by atoms with Crippen molar-refractivity contribution in [2.75, 3.05) is 27.3 Å². The molecule has 2 aromatic carbocycles. The van der Waals surface area contributed by atoms with Gasteiger partial charge in [-0.05, 0) is 43.0 Å². The quantitative estimate of drug-likeness (QED) is 0.343. The second-order valence-corrected chi connectivity index (χ2v) is 7.26. The van der Waals surface area contributed by atoms with Crippen molar-refractivity contribution in [2.24, 2.45) is 10.9 Å². The van der Waals surface area contributed by atoms with Gasteiger partial charge in [-0.2, -0.15) is 0 Å². The molecule has 1 heterocycles. The van der Waals surface area contributed by atoms with Crippen LogP contribution in [0.1, 0.15) is 35.6 Å². The lowest BCUT2D eigenvalue weighted by Gasteiger charge is -2.32. The standard InChI is InChI=1S/C23H31N3O2.HI/c1-17-6-10-19(11-7-17)22-20(5-4-14-28-22)16-26-23(24-2)25-15-18-8-12-21(27-3)13-9-18;/h6-13,20,22H,4-5,14-16H2,1-3H3,(H2,24,25,26);1H. The molecule has 6 heteroatoms. The Bertz CT molecular complexity index is 763. The fourth-order valence-electron chi connectivity index (χ4n) is 3.55. The van der Waals surface area contributed by atoms with Crippen LogP contribution in [0.3, 0.4) is 0 Å². The lowest BCUT2D eigenvalue weighted by atomic mass is 9.89. The Morgan fingerprint density at radius 1 is 1.10 bits per heavy atom. The lowest BCUT2D eigenvalue weighted by Crippen LogP contribution is -2.41. The number of ether oxygens (including phenoxy) is 2. The molecule has 158 valence electrons. The molecule has 1 aliphatic heterocycles. The summed E-state index contributed by atoms with van der Waals surface area (Å²) in [6.45, 7) is 4.50. The first-order valence-electron chi connectivity index (χ1n) is 9.95. The Balaban J connectivity index is 0.00000300. The van der Waals surface area contributed by atoms with E-state index in [2.05, 4.69) is 58.9 Å². The van der Waals surface area contributed by atoms with Crippen LogP contribution < -0.4 is 15.4 Å². The lowest BCUT2D eigenvalue weighted by molar-refractivity contribution is -0.0265. The van der Waals surface area contributed by atoms with Gasteiger partial charge in [-0.3, -0.25) is 4.99 Å². The fraction of sp³-hybridized carbons (Fsp3) is 0.435. The van der Waals surface area contributed by atoms with Crippen LogP contribution in [-0.2, 0) is 11.3 Å². The highest BCUT2D eigenvalue weighted by Gasteiger charge is 2.27. The number of hydrogen-bond acceptors (Lipinski definition) is 3. The molecule has 5 nitrogen and oxygen atoms in total. The first-order valence-corrected chi connectivity index (χ1v) is 9.95. The smallest absolute Gasteiger partial charge is 0.191 e. The van der Waals surface area contributed by atoms with Crippen molar-refractivity contribution in [3.8, 4) is 5.75 Å². The molecule has 0 radical (unpaired) electrons. The molecule has 0 saturated carbocycles. The zero-order valence-electron chi connectivity index (χ0n) is 17.5. The van der Waals surface area contributed by atoms with E-state index in [1.165, 1.54) is 16.7 Å². The maximum Gasteiger partial charge on any atom is 0.191 e. The van der Waals surface area contributed by atoms with Gasteiger partial charge in [-0.15, -0.1) is 24.0 Å². The number of nitrogens with zero attached hydrogens (tertiary/aromatic N) is 1. The van der Waals surface area contributed by atoms with Gasteiger partial charge in [0.25, 0.3) is 0 Å². The van der Waals surface area contributed by atoms with Crippen molar-refractivity contribution in [3.63, 3.8) is 0 Å². The Hall–Kier alpha value is -1.80. The van der Waals surface area contributed by atoms with Gasteiger partial charge in [0.2, 0.25) is 0 Å². The van der Waals surface area contributed by atoms with E-state index in [9.17, 15) is 0 Å². The van der Waals surface area contributed by atoms with Crippen molar-refractivity contribution in [1.82, 2.24) is 10.6 Å². The van der Waals surface area contributed by atoms with Crippen LogP contribution in [-0.4, -0.2) is 33.3 Å². The number of aryl methyl sites for hydroxylation is 1. The zero-order chi connectivity index (χ0) is 19.8. The molecule has 1 fully saturated rings. The molecule has 3 rings (SSSR count). The Morgan fingerprint density at radius 2 is 1.83 bits per heavy atom. The van der Waals surface area contributed by atoms with Crippen molar-refractivity contribution in [2.45, 2.75) is 32.4 Å². The molecule has 0 aliphatic carbocycles. The molecule has 2 unspecified atom stereocenters. The van der Waals surface area contributed by atoms with Crippen LogP contribution in [0.5, 0.6) is 5.75 Å². The summed E-state index contributed by atoms with van der Waals surface area (Å²) in [5, 5.41) is 6.86. The molecule has 2 atom stereocenters. The highest BCUT2D eigenvalue weighted by Crippen LogP contribution is 2.33. The van der Waals surface area contributed by atoms with Gasteiger partial charge in [0.05, 0.1) is 13.2 Å². The summed E-state index contributed by atoms with van der Waals surface area (Å²) in [5.41, 5.74) is 3.72. The molecule has 0 amide bonds. The summed E-state index contributed by atoms with van der Waals surface area (Å²) in [6.07, 6.45) is 2.40. The number of rotatable bonds is 6. The second kappa shape index (κ2) is 12.0. The Kier molecular flexibility index (Phi) is 9.73. The normalized spacial score (nSPS) is 19.2. The van der Waals surface area contributed by atoms with Crippen molar-refractivity contribution >= 4 is 29.9 Å². The van der Waals surface area contributed by atoms with Crippen molar-refractivity contribution in [3.05, 3.63) is 65.2 Å². The first kappa shape index (κ1) is 23.5. The minimum atomic E-state index is 0. The van der Waals surface area contributed by atoms with E-state index in [1.807, 2.05) is 12.1 Å². The average molecular weight is 509 g/mol. The minimum Gasteiger partial charge on any atom is -0.497 e.